The molecule has 2 aromatic rings. The van der Waals surface area contributed by atoms with Gasteiger partial charge in [-0.1, -0.05) is 20.8 Å². The van der Waals surface area contributed by atoms with E-state index in [-0.39, 0.29) is 5.41 Å². The van der Waals surface area contributed by atoms with Crippen molar-refractivity contribution in [3.63, 3.8) is 0 Å². The van der Waals surface area contributed by atoms with Crippen molar-refractivity contribution >= 4 is 17.6 Å². The van der Waals surface area contributed by atoms with Crippen LogP contribution in [0.15, 0.2) is 29.6 Å². The summed E-state index contributed by atoms with van der Waals surface area (Å²) in [5.41, 5.74) is 3.05. The van der Waals surface area contributed by atoms with Gasteiger partial charge in [0.25, 0.3) is 0 Å². The summed E-state index contributed by atoms with van der Waals surface area (Å²) in [6.07, 6.45) is 0.883. The lowest BCUT2D eigenvalue weighted by Crippen LogP contribution is -2.12. The first-order valence-corrected chi connectivity index (χ1v) is 7.06. The van der Waals surface area contributed by atoms with E-state index >= 15 is 0 Å². The number of hydrogen-bond donors (Lipinski definition) is 0. The van der Waals surface area contributed by atoms with Crippen molar-refractivity contribution in [2.24, 2.45) is 0 Å². The smallest absolute Gasteiger partial charge is 0.150 e. The van der Waals surface area contributed by atoms with Gasteiger partial charge >= 0.3 is 0 Å². The molecule has 0 aliphatic carbocycles. The Balaban J connectivity index is 2.51. The molecule has 0 atom stereocenters. The first-order chi connectivity index (χ1) is 8.95. The van der Waals surface area contributed by atoms with Crippen molar-refractivity contribution in [2.75, 3.05) is 7.11 Å². The minimum Gasteiger partial charge on any atom is -0.496 e. The fourth-order valence-corrected chi connectivity index (χ4v) is 2.87. The maximum Gasteiger partial charge on any atom is 0.150 e. The molecular weight excluding hydrogens is 256 g/mol. The highest BCUT2D eigenvalue weighted by Crippen LogP contribution is 2.36. The molecule has 1 aromatic heterocycles. The van der Waals surface area contributed by atoms with E-state index in [1.165, 1.54) is 5.56 Å². The van der Waals surface area contributed by atoms with Gasteiger partial charge in [0.1, 0.15) is 5.75 Å². The number of carbonyl (C=O) groups excluding carboxylic acids is 1. The van der Waals surface area contributed by atoms with Crippen LogP contribution in [0, 0.1) is 0 Å². The quantitative estimate of drug-likeness (QED) is 0.768. The summed E-state index contributed by atoms with van der Waals surface area (Å²) >= 11 is 1.59. The van der Waals surface area contributed by atoms with Crippen LogP contribution in [0.3, 0.4) is 0 Å². The van der Waals surface area contributed by atoms with Gasteiger partial charge in [-0.15, -0.1) is 11.3 Å². The van der Waals surface area contributed by atoms with Crippen LogP contribution >= 0.6 is 11.3 Å². The van der Waals surface area contributed by atoms with Crippen LogP contribution in [0.2, 0.25) is 0 Å². The van der Waals surface area contributed by atoms with E-state index in [0.717, 1.165) is 28.0 Å². The summed E-state index contributed by atoms with van der Waals surface area (Å²) in [6.45, 7) is 6.50. The lowest BCUT2D eigenvalue weighted by atomic mass is 9.85. The average Bonchev–Trinajstić information content (AvgIpc) is 2.85. The number of methoxy groups -OCH3 is 1. The summed E-state index contributed by atoms with van der Waals surface area (Å²) in [6, 6.07) is 8.11. The van der Waals surface area contributed by atoms with Crippen LogP contribution in [0.1, 0.15) is 36.7 Å². The van der Waals surface area contributed by atoms with Gasteiger partial charge in [0.15, 0.2) is 6.29 Å². The number of hydrogen-bond acceptors (Lipinski definition) is 3. The van der Waals surface area contributed by atoms with Gasteiger partial charge < -0.3 is 4.74 Å². The molecule has 0 fully saturated rings. The zero-order valence-electron chi connectivity index (χ0n) is 11.7. The van der Waals surface area contributed by atoms with E-state index in [4.69, 9.17) is 4.74 Å². The summed E-state index contributed by atoms with van der Waals surface area (Å²) < 4.78 is 5.44. The normalized spacial score (nSPS) is 11.4. The molecule has 1 heterocycles. The minimum absolute atomic E-state index is 0.0199. The highest BCUT2D eigenvalue weighted by atomic mass is 32.1. The van der Waals surface area contributed by atoms with Crippen LogP contribution in [0.4, 0.5) is 0 Å². The summed E-state index contributed by atoms with van der Waals surface area (Å²) in [5, 5.41) is 1.88. The standard InChI is InChI=1S/C16H18O2S/c1-16(2,3)13-8-12(5-6-14(13)18-4)15-7-11(9-17)10-19-15/h5-10H,1-4H3. The van der Waals surface area contributed by atoms with Gasteiger partial charge in [-0.05, 0) is 35.2 Å². The molecule has 2 rings (SSSR count). The molecule has 1 aromatic carbocycles. The highest BCUT2D eigenvalue weighted by molar-refractivity contribution is 7.13. The van der Waals surface area contributed by atoms with Gasteiger partial charge in [-0.2, -0.15) is 0 Å². The maximum absolute atomic E-state index is 10.8. The first kappa shape index (κ1) is 13.8. The van der Waals surface area contributed by atoms with Gasteiger partial charge in [0, 0.05) is 21.4 Å². The van der Waals surface area contributed by atoms with E-state index < -0.39 is 0 Å². The second-order valence-electron chi connectivity index (χ2n) is 5.53. The lowest BCUT2D eigenvalue weighted by molar-refractivity contribution is 0.112. The molecule has 0 radical (unpaired) electrons. The predicted octanol–water partition coefficient (Wildman–Crippen LogP) is 4.53. The van der Waals surface area contributed by atoms with Crippen molar-refractivity contribution < 1.29 is 9.53 Å². The Bertz CT molecular complexity index is 591. The predicted molar refractivity (Wildman–Crippen MR) is 80.4 cm³/mol. The van der Waals surface area contributed by atoms with Crippen LogP contribution in [-0.4, -0.2) is 13.4 Å². The number of aldehydes is 1. The van der Waals surface area contributed by atoms with Crippen LogP contribution < -0.4 is 4.74 Å². The number of rotatable bonds is 3. The minimum atomic E-state index is 0.0199. The van der Waals surface area contributed by atoms with Gasteiger partial charge in [-0.3, -0.25) is 4.79 Å². The fourth-order valence-electron chi connectivity index (χ4n) is 2.01. The average molecular weight is 274 g/mol. The first-order valence-electron chi connectivity index (χ1n) is 6.18. The molecule has 100 valence electrons. The van der Waals surface area contributed by atoms with E-state index in [0.29, 0.717) is 0 Å². The third-order valence-electron chi connectivity index (χ3n) is 3.05. The van der Waals surface area contributed by atoms with Gasteiger partial charge in [-0.25, -0.2) is 0 Å². The van der Waals surface area contributed by atoms with Crippen molar-refractivity contribution in [2.45, 2.75) is 26.2 Å². The second-order valence-corrected chi connectivity index (χ2v) is 6.44. The van der Waals surface area contributed by atoms with Crippen molar-refractivity contribution in [1.29, 1.82) is 0 Å². The molecule has 0 unspecified atom stereocenters. The Hall–Kier alpha value is -1.61. The van der Waals surface area contributed by atoms with Crippen molar-refractivity contribution in [3.05, 3.63) is 40.8 Å². The van der Waals surface area contributed by atoms with Gasteiger partial charge in [0.05, 0.1) is 7.11 Å². The number of carbonyl (C=O) groups is 1. The van der Waals surface area contributed by atoms with Crippen LogP contribution in [0.25, 0.3) is 10.4 Å². The molecule has 3 heteroatoms. The number of thiophene rings is 1. The third-order valence-corrected chi connectivity index (χ3v) is 4.05. The molecule has 0 bridgehead atoms. The molecule has 19 heavy (non-hydrogen) atoms. The zero-order chi connectivity index (χ0) is 14.0. The molecule has 0 N–H and O–H groups in total. The van der Waals surface area contributed by atoms with E-state index in [1.807, 2.05) is 23.6 Å². The Morgan fingerprint density at radius 2 is 1.95 bits per heavy atom. The highest BCUT2D eigenvalue weighted by Gasteiger charge is 2.19. The molecule has 0 saturated heterocycles. The van der Waals surface area contributed by atoms with E-state index in [9.17, 15) is 4.79 Å². The molecule has 0 aliphatic rings. The third kappa shape index (κ3) is 2.87. The van der Waals surface area contributed by atoms with E-state index in [1.54, 1.807) is 18.4 Å². The summed E-state index contributed by atoms with van der Waals surface area (Å²) in [4.78, 5) is 11.9. The molecule has 0 amide bonds. The largest absolute Gasteiger partial charge is 0.496 e. The van der Waals surface area contributed by atoms with E-state index in [2.05, 4.69) is 26.8 Å². The topological polar surface area (TPSA) is 26.3 Å². The lowest BCUT2D eigenvalue weighted by Gasteiger charge is -2.22. The monoisotopic (exact) mass is 274 g/mol. The molecular formula is C16H18O2S. The maximum atomic E-state index is 10.8. The number of ether oxygens (including phenoxy) is 1. The molecule has 2 nitrogen and oxygen atoms in total. The Morgan fingerprint density at radius 1 is 1.21 bits per heavy atom. The number of benzene rings is 1. The molecule has 0 aliphatic heterocycles. The fraction of sp³-hybridized carbons (Fsp3) is 0.312. The second kappa shape index (κ2) is 5.17. The zero-order valence-corrected chi connectivity index (χ0v) is 12.5. The SMILES string of the molecule is COc1ccc(-c2cc(C=O)cs2)cc1C(C)(C)C. The van der Waals surface area contributed by atoms with Crippen LogP contribution in [0.5, 0.6) is 5.75 Å². The Morgan fingerprint density at radius 3 is 2.47 bits per heavy atom. The summed E-state index contributed by atoms with van der Waals surface area (Å²) in [5.74, 6) is 0.906. The Kier molecular flexibility index (Phi) is 3.76. The summed E-state index contributed by atoms with van der Waals surface area (Å²) in [7, 11) is 1.69. The van der Waals surface area contributed by atoms with Gasteiger partial charge in [0.2, 0.25) is 0 Å². The molecule has 0 saturated carbocycles. The van der Waals surface area contributed by atoms with Crippen LogP contribution in [-0.2, 0) is 5.41 Å². The Labute approximate surface area is 118 Å². The van der Waals surface area contributed by atoms with Crippen molar-refractivity contribution in [1.82, 2.24) is 0 Å². The van der Waals surface area contributed by atoms with Crippen molar-refractivity contribution in [3.8, 4) is 16.2 Å². The molecule has 0 spiro atoms.